The molecule has 2 aromatic carbocycles. The molecule has 0 saturated carbocycles. The predicted molar refractivity (Wildman–Crippen MR) is 102 cm³/mol. The Kier molecular flexibility index (Phi) is 4.73. The van der Waals surface area contributed by atoms with Crippen LogP contribution in [0, 0.1) is 16.0 Å². The number of anilines is 1. The second-order valence-corrected chi connectivity index (χ2v) is 7.45. The van der Waals surface area contributed by atoms with E-state index >= 15 is 0 Å². The quantitative estimate of drug-likeness (QED) is 0.547. The molecule has 3 N–H and O–H groups in total. The minimum atomic E-state index is -0.505. The number of rotatable bonds is 4. The van der Waals surface area contributed by atoms with Gasteiger partial charge in [-0.05, 0) is 17.7 Å². The fraction of sp³-hybridized carbons (Fsp3) is 0.278. The van der Waals surface area contributed by atoms with Crippen molar-refractivity contribution < 1.29 is 14.5 Å². The van der Waals surface area contributed by atoms with Crippen LogP contribution in [0.15, 0.2) is 47.4 Å². The Hall–Kier alpha value is -2.62. The van der Waals surface area contributed by atoms with Gasteiger partial charge in [-0.3, -0.25) is 14.9 Å². The third kappa shape index (κ3) is 3.25. The van der Waals surface area contributed by atoms with Crippen molar-refractivity contribution in [2.45, 2.75) is 17.0 Å². The Morgan fingerprint density at radius 2 is 2.11 bits per heavy atom. The number of non-ortho nitro benzene ring substituents is 1. The van der Waals surface area contributed by atoms with E-state index < -0.39 is 11.0 Å². The van der Waals surface area contributed by atoms with Crippen molar-refractivity contribution in [1.29, 1.82) is 0 Å². The van der Waals surface area contributed by atoms with Crippen LogP contribution in [0.2, 0.25) is 0 Å². The van der Waals surface area contributed by atoms with Gasteiger partial charge in [0.05, 0.1) is 23.8 Å². The summed E-state index contributed by atoms with van der Waals surface area (Å²) in [6, 6.07) is 11.9. The molecule has 4 rings (SSSR count). The third-order valence-corrected chi connectivity index (χ3v) is 6.10. The molecule has 1 amide bonds. The van der Waals surface area contributed by atoms with Crippen molar-refractivity contribution in [2.24, 2.45) is 5.92 Å². The first-order valence-corrected chi connectivity index (χ1v) is 9.43. The van der Waals surface area contributed by atoms with E-state index in [0.29, 0.717) is 5.75 Å². The maximum atomic E-state index is 12.9. The number of nitrogens with one attached hydrogen (secondary N) is 3. The lowest BCUT2D eigenvalue weighted by atomic mass is 9.90. The molecule has 0 spiro atoms. The van der Waals surface area contributed by atoms with Crippen molar-refractivity contribution in [1.82, 2.24) is 10.9 Å². The summed E-state index contributed by atoms with van der Waals surface area (Å²) in [4.78, 5) is 24.6. The van der Waals surface area contributed by atoms with Gasteiger partial charge in [-0.25, -0.2) is 10.9 Å². The third-order valence-electron chi connectivity index (χ3n) is 4.87. The molecule has 9 heteroatoms. The van der Waals surface area contributed by atoms with Gasteiger partial charge in [0.1, 0.15) is 11.8 Å². The van der Waals surface area contributed by atoms with Gasteiger partial charge in [-0.2, -0.15) is 0 Å². The minimum Gasteiger partial charge on any atom is -0.495 e. The van der Waals surface area contributed by atoms with E-state index in [0.717, 1.165) is 5.75 Å². The number of methoxy groups -OCH3 is 1. The maximum absolute atomic E-state index is 12.9. The summed E-state index contributed by atoms with van der Waals surface area (Å²) in [6.45, 7) is 0. The Morgan fingerprint density at radius 3 is 2.89 bits per heavy atom. The molecule has 0 aliphatic carbocycles. The Labute approximate surface area is 159 Å². The molecule has 3 unspecified atom stereocenters. The number of carbonyl (C=O) groups is 1. The van der Waals surface area contributed by atoms with Gasteiger partial charge in [0.2, 0.25) is 5.91 Å². The fourth-order valence-corrected chi connectivity index (χ4v) is 4.81. The first-order valence-electron chi connectivity index (χ1n) is 8.44. The summed E-state index contributed by atoms with van der Waals surface area (Å²) >= 11 is 1.73. The molecule has 1 saturated heterocycles. The number of hydrazine groups is 1. The van der Waals surface area contributed by atoms with E-state index in [9.17, 15) is 14.9 Å². The molecule has 2 aliphatic heterocycles. The molecule has 2 aromatic rings. The van der Waals surface area contributed by atoms with Crippen molar-refractivity contribution >= 4 is 29.0 Å². The topological polar surface area (TPSA) is 106 Å². The summed E-state index contributed by atoms with van der Waals surface area (Å²) in [5.74, 6) is 0.981. The molecular formula is C18H18N4O4S. The van der Waals surface area contributed by atoms with Crippen LogP contribution in [-0.2, 0) is 4.79 Å². The number of ether oxygens (including phenoxy) is 1. The highest BCUT2D eigenvalue weighted by Crippen LogP contribution is 2.43. The van der Waals surface area contributed by atoms with Crippen LogP contribution in [0.1, 0.15) is 11.6 Å². The highest BCUT2D eigenvalue weighted by Gasteiger charge is 2.43. The maximum Gasteiger partial charge on any atom is 0.271 e. The van der Waals surface area contributed by atoms with Crippen LogP contribution in [0.25, 0.3) is 0 Å². The van der Waals surface area contributed by atoms with E-state index in [1.54, 1.807) is 11.8 Å². The monoisotopic (exact) mass is 386 g/mol. The lowest BCUT2D eigenvalue weighted by molar-refractivity contribution is -0.384. The van der Waals surface area contributed by atoms with E-state index in [-0.39, 0.29) is 29.2 Å². The summed E-state index contributed by atoms with van der Waals surface area (Å²) in [7, 11) is 1.46. The average Bonchev–Trinajstić information content (AvgIpc) is 3.12. The van der Waals surface area contributed by atoms with E-state index in [2.05, 4.69) is 28.3 Å². The van der Waals surface area contributed by atoms with Crippen LogP contribution < -0.4 is 20.9 Å². The molecule has 0 radical (unpaired) electrons. The first-order chi connectivity index (χ1) is 13.1. The van der Waals surface area contributed by atoms with Crippen LogP contribution >= 0.6 is 11.8 Å². The number of nitrogens with zero attached hydrogens (tertiary/aromatic N) is 1. The van der Waals surface area contributed by atoms with Crippen molar-refractivity contribution in [3.05, 3.63) is 58.1 Å². The van der Waals surface area contributed by atoms with Crippen LogP contribution in [0.5, 0.6) is 5.75 Å². The largest absolute Gasteiger partial charge is 0.495 e. The zero-order chi connectivity index (χ0) is 19.0. The summed E-state index contributed by atoms with van der Waals surface area (Å²) < 4.78 is 5.22. The molecule has 3 atom stereocenters. The molecule has 0 aromatic heterocycles. The number of fused-ring (bicyclic) bond motifs is 3. The number of amides is 1. The highest BCUT2D eigenvalue weighted by atomic mass is 32.2. The number of nitro benzene ring substituents is 1. The predicted octanol–water partition coefficient (Wildman–Crippen LogP) is 2.48. The van der Waals surface area contributed by atoms with Crippen molar-refractivity contribution in [3.63, 3.8) is 0 Å². The van der Waals surface area contributed by atoms with Gasteiger partial charge in [-0.15, -0.1) is 11.8 Å². The normalized spacial score (nSPS) is 23.2. The molecule has 2 heterocycles. The first kappa shape index (κ1) is 17.8. The zero-order valence-electron chi connectivity index (χ0n) is 14.5. The van der Waals surface area contributed by atoms with Crippen molar-refractivity contribution in [3.8, 4) is 5.75 Å². The van der Waals surface area contributed by atoms with Gasteiger partial charge in [-0.1, -0.05) is 18.2 Å². The second-order valence-electron chi connectivity index (χ2n) is 6.39. The number of hydrogen-bond acceptors (Lipinski definition) is 7. The number of benzene rings is 2. The Balaban J connectivity index is 1.55. The standard InChI is InChI=1S/C18H18N4O4S/c1-26-14-7-6-10(22(24)25)8-13(14)19-18(23)17-12-9-27-15-5-3-2-4-11(15)16(12)20-21-17/h2-8,12,16-17,20-21H,9H2,1H3,(H,19,23). The van der Waals surface area contributed by atoms with E-state index in [1.165, 1.54) is 35.8 Å². The SMILES string of the molecule is COc1ccc([N+](=O)[O-])cc1NC(=O)C1NNC2c3ccccc3SCC12. The van der Waals surface area contributed by atoms with Gasteiger partial charge in [0.15, 0.2) is 0 Å². The second kappa shape index (κ2) is 7.18. The number of nitro groups is 1. The zero-order valence-corrected chi connectivity index (χ0v) is 15.3. The van der Waals surface area contributed by atoms with Crippen LogP contribution in [-0.4, -0.2) is 29.7 Å². The molecule has 8 nitrogen and oxygen atoms in total. The minimum absolute atomic E-state index is 0.0465. The van der Waals surface area contributed by atoms with Gasteiger partial charge in [0.25, 0.3) is 5.69 Å². The van der Waals surface area contributed by atoms with Gasteiger partial charge < -0.3 is 10.1 Å². The molecule has 27 heavy (non-hydrogen) atoms. The lowest BCUT2D eigenvalue weighted by Gasteiger charge is -2.28. The number of thioether (sulfide) groups is 1. The molecule has 2 aliphatic rings. The fourth-order valence-electron chi connectivity index (χ4n) is 3.52. The molecular weight excluding hydrogens is 368 g/mol. The van der Waals surface area contributed by atoms with Crippen LogP contribution in [0.4, 0.5) is 11.4 Å². The Morgan fingerprint density at radius 1 is 1.30 bits per heavy atom. The van der Waals surface area contributed by atoms with Gasteiger partial charge >= 0.3 is 0 Å². The van der Waals surface area contributed by atoms with E-state index in [1.807, 2.05) is 12.1 Å². The highest BCUT2D eigenvalue weighted by molar-refractivity contribution is 7.99. The number of hydrogen-bond donors (Lipinski definition) is 3. The smallest absolute Gasteiger partial charge is 0.271 e. The lowest BCUT2D eigenvalue weighted by Crippen LogP contribution is -2.42. The number of carbonyl (C=O) groups excluding carboxylic acids is 1. The Bertz CT molecular complexity index is 907. The summed E-state index contributed by atoms with van der Waals surface area (Å²) in [5.41, 5.74) is 7.66. The average molecular weight is 386 g/mol. The van der Waals surface area contributed by atoms with Crippen molar-refractivity contribution in [2.75, 3.05) is 18.2 Å². The summed E-state index contributed by atoms with van der Waals surface area (Å²) in [5, 5.41) is 13.8. The van der Waals surface area contributed by atoms with Gasteiger partial charge in [0, 0.05) is 28.7 Å². The molecule has 0 bridgehead atoms. The molecule has 140 valence electrons. The van der Waals surface area contributed by atoms with E-state index in [4.69, 9.17) is 4.74 Å². The van der Waals surface area contributed by atoms with Crippen LogP contribution in [0.3, 0.4) is 0 Å². The summed E-state index contributed by atoms with van der Waals surface area (Å²) in [6.07, 6.45) is 0. The molecule has 1 fully saturated rings.